The summed E-state index contributed by atoms with van der Waals surface area (Å²) in [6, 6.07) is 6.29. The summed E-state index contributed by atoms with van der Waals surface area (Å²) in [4.78, 5) is 10.1. The Labute approximate surface area is 115 Å². The standard InChI is InChI=1S/C14H16N4S/c1-8-4-5-11-12(6-8)18(14(15)17-11)10(3)13-16-7-9(2)19-13/h4-7,10H,1-3H3,(H2,15,17). The summed E-state index contributed by atoms with van der Waals surface area (Å²) in [6.07, 6.45) is 1.90. The highest BCUT2D eigenvalue weighted by atomic mass is 32.1. The molecule has 1 atom stereocenters. The van der Waals surface area contributed by atoms with E-state index < -0.39 is 0 Å². The van der Waals surface area contributed by atoms with Gasteiger partial charge in [0.1, 0.15) is 5.01 Å². The quantitative estimate of drug-likeness (QED) is 0.778. The van der Waals surface area contributed by atoms with E-state index in [0.29, 0.717) is 5.95 Å². The van der Waals surface area contributed by atoms with Crippen LogP contribution in [0, 0.1) is 13.8 Å². The van der Waals surface area contributed by atoms with Crippen LogP contribution in [0.2, 0.25) is 0 Å². The van der Waals surface area contributed by atoms with Crippen molar-refractivity contribution in [3.05, 3.63) is 39.8 Å². The first kappa shape index (κ1) is 12.2. The van der Waals surface area contributed by atoms with Crippen LogP contribution in [0.5, 0.6) is 0 Å². The number of anilines is 1. The highest BCUT2D eigenvalue weighted by Crippen LogP contribution is 2.29. The molecule has 2 heterocycles. The van der Waals surface area contributed by atoms with Crippen LogP contribution in [0.25, 0.3) is 11.0 Å². The van der Waals surface area contributed by atoms with Crippen molar-refractivity contribution >= 4 is 28.3 Å². The summed E-state index contributed by atoms with van der Waals surface area (Å²) in [5.41, 5.74) is 9.28. The van der Waals surface area contributed by atoms with Crippen molar-refractivity contribution in [1.29, 1.82) is 0 Å². The highest BCUT2D eigenvalue weighted by molar-refractivity contribution is 7.11. The second-order valence-corrected chi connectivity index (χ2v) is 6.08. The first-order valence-corrected chi connectivity index (χ1v) is 7.04. The lowest BCUT2D eigenvalue weighted by Gasteiger charge is -2.13. The predicted octanol–water partition coefficient (Wildman–Crippen LogP) is 3.30. The molecule has 0 spiro atoms. The molecule has 98 valence electrons. The summed E-state index contributed by atoms with van der Waals surface area (Å²) < 4.78 is 2.06. The summed E-state index contributed by atoms with van der Waals surface area (Å²) in [7, 11) is 0. The summed E-state index contributed by atoms with van der Waals surface area (Å²) in [5.74, 6) is 0.543. The number of imidazole rings is 1. The van der Waals surface area contributed by atoms with Crippen molar-refractivity contribution < 1.29 is 0 Å². The molecule has 0 aliphatic heterocycles. The monoisotopic (exact) mass is 272 g/mol. The van der Waals surface area contributed by atoms with E-state index in [1.165, 1.54) is 10.4 Å². The van der Waals surface area contributed by atoms with Crippen LogP contribution in [0.3, 0.4) is 0 Å². The second-order valence-electron chi connectivity index (χ2n) is 4.82. The van der Waals surface area contributed by atoms with Gasteiger partial charge in [-0.25, -0.2) is 9.97 Å². The third-order valence-corrected chi connectivity index (χ3v) is 4.34. The number of benzene rings is 1. The molecule has 3 aromatic rings. The van der Waals surface area contributed by atoms with E-state index in [4.69, 9.17) is 5.73 Å². The second kappa shape index (κ2) is 4.35. The molecule has 0 fully saturated rings. The SMILES string of the molecule is Cc1ccc2nc(N)n(C(C)c3ncc(C)s3)c2c1. The Balaban J connectivity index is 2.18. The fourth-order valence-electron chi connectivity index (χ4n) is 2.30. The summed E-state index contributed by atoms with van der Waals surface area (Å²) in [6.45, 7) is 6.25. The van der Waals surface area contributed by atoms with Crippen LogP contribution >= 0.6 is 11.3 Å². The number of rotatable bonds is 2. The van der Waals surface area contributed by atoms with E-state index in [9.17, 15) is 0 Å². The number of nitrogen functional groups attached to an aromatic ring is 1. The molecule has 2 N–H and O–H groups in total. The zero-order valence-corrected chi connectivity index (χ0v) is 12.0. The molecule has 0 amide bonds. The van der Waals surface area contributed by atoms with E-state index >= 15 is 0 Å². The summed E-state index contributed by atoms with van der Waals surface area (Å²) in [5, 5.41) is 1.06. The third kappa shape index (κ3) is 2.00. The van der Waals surface area contributed by atoms with Crippen molar-refractivity contribution in [2.24, 2.45) is 0 Å². The number of nitrogens with zero attached hydrogens (tertiary/aromatic N) is 3. The molecule has 2 aromatic heterocycles. The first-order valence-electron chi connectivity index (χ1n) is 6.22. The fourth-order valence-corrected chi connectivity index (χ4v) is 3.12. The van der Waals surface area contributed by atoms with Gasteiger partial charge in [-0.15, -0.1) is 11.3 Å². The van der Waals surface area contributed by atoms with Crippen LogP contribution in [0.1, 0.15) is 28.4 Å². The molecule has 0 radical (unpaired) electrons. The molecular formula is C14H16N4S. The number of fused-ring (bicyclic) bond motifs is 1. The molecule has 1 unspecified atom stereocenters. The minimum absolute atomic E-state index is 0.102. The molecule has 0 aliphatic carbocycles. The van der Waals surface area contributed by atoms with Gasteiger partial charge in [-0.3, -0.25) is 0 Å². The number of aryl methyl sites for hydroxylation is 2. The lowest BCUT2D eigenvalue weighted by molar-refractivity contribution is 0.662. The zero-order valence-electron chi connectivity index (χ0n) is 11.2. The van der Waals surface area contributed by atoms with E-state index in [-0.39, 0.29) is 6.04 Å². The van der Waals surface area contributed by atoms with Crippen molar-refractivity contribution in [1.82, 2.24) is 14.5 Å². The maximum Gasteiger partial charge on any atom is 0.201 e. The van der Waals surface area contributed by atoms with E-state index in [0.717, 1.165) is 16.0 Å². The van der Waals surface area contributed by atoms with Gasteiger partial charge in [0.15, 0.2) is 0 Å². The first-order chi connectivity index (χ1) is 9.06. The number of thiazole rings is 1. The van der Waals surface area contributed by atoms with Crippen molar-refractivity contribution in [2.75, 3.05) is 5.73 Å². The molecule has 1 aromatic carbocycles. The average Bonchev–Trinajstić information content (AvgIpc) is 2.91. The van der Waals surface area contributed by atoms with Gasteiger partial charge in [-0.2, -0.15) is 0 Å². The van der Waals surface area contributed by atoms with Gasteiger partial charge in [0.05, 0.1) is 17.1 Å². The molecule has 0 aliphatic rings. The third-order valence-electron chi connectivity index (χ3n) is 3.26. The number of hydrogen-bond donors (Lipinski definition) is 1. The van der Waals surface area contributed by atoms with Gasteiger partial charge in [-0.05, 0) is 38.5 Å². The maximum atomic E-state index is 6.08. The molecule has 3 rings (SSSR count). The molecule has 0 saturated heterocycles. The molecular weight excluding hydrogens is 256 g/mol. The van der Waals surface area contributed by atoms with Crippen molar-refractivity contribution in [3.8, 4) is 0 Å². The topological polar surface area (TPSA) is 56.7 Å². The Hall–Kier alpha value is -1.88. The van der Waals surface area contributed by atoms with Gasteiger partial charge in [0.2, 0.25) is 5.95 Å². The minimum atomic E-state index is 0.102. The van der Waals surface area contributed by atoms with Crippen LogP contribution in [0.4, 0.5) is 5.95 Å². The largest absolute Gasteiger partial charge is 0.369 e. The molecule has 0 saturated carbocycles. The number of hydrogen-bond acceptors (Lipinski definition) is 4. The fraction of sp³-hybridized carbons (Fsp3) is 0.286. The van der Waals surface area contributed by atoms with Gasteiger partial charge in [0, 0.05) is 11.1 Å². The highest BCUT2D eigenvalue weighted by Gasteiger charge is 2.18. The molecule has 4 nitrogen and oxygen atoms in total. The Morgan fingerprint density at radius 2 is 2.11 bits per heavy atom. The van der Waals surface area contributed by atoms with Gasteiger partial charge in [0.25, 0.3) is 0 Å². The van der Waals surface area contributed by atoms with Gasteiger partial charge in [-0.1, -0.05) is 6.07 Å². The number of aromatic nitrogens is 3. The lowest BCUT2D eigenvalue weighted by Crippen LogP contribution is -2.09. The Morgan fingerprint density at radius 1 is 1.32 bits per heavy atom. The van der Waals surface area contributed by atoms with Crippen molar-refractivity contribution in [2.45, 2.75) is 26.8 Å². The zero-order chi connectivity index (χ0) is 13.6. The van der Waals surface area contributed by atoms with Gasteiger partial charge >= 0.3 is 0 Å². The van der Waals surface area contributed by atoms with Crippen molar-refractivity contribution in [3.63, 3.8) is 0 Å². The van der Waals surface area contributed by atoms with Crippen LogP contribution in [0.15, 0.2) is 24.4 Å². The Morgan fingerprint density at radius 3 is 2.79 bits per heavy atom. The van der Waals surface area contributed by atoms with E-state index in [2.05, 4.69) is 47.4 Å². The maximum absolute atomic E-state index is 6.08. The normalized spacial score (nSPS) is 13.0. The summed E-state index contributed by atoms with van der Waals surface area (Å²) >= 11 is 1.70. The van der Waals surface area contributed by atoms with Crippen LogP contribution in [-0.4, -0.2) is 14.5 Å². The van der Waals surface area contributed by atoms with E-state index in [1.54, 1.807) is 11.3 Å². The predicted molar refractivity (Wildman–Crippen MR) is 79.5 cm³/mol. The number of nitrogens with two attached hydrogens (primary N) is 1. The Bertz CT molecular complexity index is 741. The van der Waals surface area contributed by atoms with Crippen LogP contribution in [-0.2, 0) is 0 Å². The smallest absolute Gasteiger partial charge is 0.201 e. The van der Waals surface area contributed by atoms with Crippen LogP contribution < -0.4 is 5.73 Å². The average molecular weight is 272 g/mol. The Kier molecular flexibility index (Phi) is 2.78. The molecule has 5 heteroatoms. The van der Waals surface area contributed by atoms with E-state index in [1.807, 2.05) is 12.3 Å². The minimum Gasteiger partial charge on any atom is -0.369 e. The lowest BCUT2D eigenvalue weighted by atomic mass is 10.2. The molecule has 19 heavy (non-hydrogen) atoms. The van der Waals surface area contributed by atoms with Gasteiger partial charge < -0.3 is 10.3 Å². The molecule has 0 bridgehead atoms.